The van der Waals surface area contributed by atoms with Crippen LogP contribution in [0.2, 0.25) is 0 Å². The number of ether oxygens (including phenoxy) is 2. The summed E-state index contributed by atoms with van der Waals surface area (Å²) in [5.41, 5.74) is 3.03. The number of rotatable bonds is 7. The molecule has 2 unspecified atom stereocenters. The maximum Gasteiger partial charge on any atom is 0.191 e. The van der Waals surface area contributed by atoms with Gasteiger partial charge in [0.25, 0.3) is 0 Å². The van der Waals surface area contributed by atoms with Crippen LogP contribution in [-0.4, -0.2) is 63.0 Å². The standard InChI is InChI=1S/C24H38N4O2.HI/c1-3-30-22-16-21(24(22)10-6-7-11-24)27-23(25-2)26-17-19-8-4-5-9-20(19)18-28-12-14-29-15-13-28;/h4-5,8-9,21-22H,3,6-7,10-18H2,1-2H3,(H2,25,26,27);1H. The SMILES string of the molecule is CCOC1CC(NC(=NC)NCc2ccccc2CN2CCOCC2)C12CCCC2.I. The van der Waals surface area contributed by atoms with Gasteiger partial charge in [-0.1, -0.05) is 37.1 Å². The number of hydrogen-bond donors (Lipinski definition) is 2. The Kier molecular flexibility index (Phi) is 9.43. The zero-order valence-electron chi connectivity index (χ0n) is 19.1. The first-order valence-corrected chi connectivity index (χ1v) is 11.7. The van der Waals surface area contributed by atoms with Crippen molar-refractivity contribution in [3.63, 3.8) is 0 Å². The van der Waals surface area contributed by atoms with E-state index < -0.39 is 0 Å². The molecule has 1 aromatic rings. The molecule has 0 radical (unpaired) electrons. The summed E-state index contributed by atoms with van der Waals surface area (Å²) in [7, 11) is 1.87. The fourth-order valence-corrected chi connectivity index (χ4v) is 5.51. The maximum absolute atomic E-state index is 6.06. The van der Waals surface area contributed by atoms with Gasteiger partial charge in [0.2, 0.25) is 0 Å². The van der Waals surface area contributed by atoms with Gasteiger partial charge in [0.1, 0.15) is 0 Å². The lowest BCUT2D eigenvalue weighted by Gasteiger charge is -2.54. The number of morpholine rings is 1. The lowest BCUT2D eigenvalue weighted by Crippen LogP contribution is -2.65. The summed E-state index contributed by atoms with van der Waals surface area (Å²) in [6.07, 6.45) is 6.69. The van der Waals surface area contributed by atoms with Gasteiger partial charge in [-0.25, -0.2) is 0 Å². The van der Waals surface area contributed by atoms with Gasteiger partial charge in [0, 0.05) is 51.3 Å². The van der Waals surface area contributed by atoms with Crippen LogP contribution in [0.25, 0.3) is 0 Å². The predicted molar refractivity (Wildman–Crippen MR) is 136 cm³/mol. The van der Waals surface area contributed by atoms with Crippen molar-refractivity contribution < 1.29 is 9.47 Å². The molecule has 1 saturated heterocycles. The molecule has 2 N–H and O–H groups in total. The average Bonchev–Trinajstić information content (AvgIpc) is 3.30. The van der Waals surface area contributed by atoms with E-state index in [1.54, 1.807) is 0 Å². The molecule has 0 bridgehead atoms. The van der Waals surface area contributed by atoms with Gasteiger partial charge in [0.05, 0.1) is 19.3 Å². The molecule has 0 amide bonds. The summed E-state index contributed by atoms with van der Waals surface area (Å²) < 4.78 is 11.6. The number of guanidine groups is 1. The van der Waals surface area contributed by atoms with Crippen LogP contribution in [0.15, 0.2) is 29.3 Å². The van der Waals surface area contributed by atoms with E-state index in [1.807, 2.05) is 7.05 Å². The number of benzene rings is 1. The van der Waals surface area contributed by atoms with Crippen LogP contribution in [0.1, 0.15) is 50.2 Å². The van der Waals surface area contributed by atoms with E-state index in [0.29, 0.717) is 17.6 Å². The highest BCUT2D eigenvalue weighted by Crippen LogP contribution is 2.54. The van der Waals surface area contributed by atoms with Crippen LogP contribution >= 0.6 is 24.0 Å². The number of halogens is 1. The van der Waals surface area contributed by atoms with Crippen LogP contribution in [0, 0.1) is 5.41 Å². The molecule has 1 aliphatic heterocycles. The molecular weight excluding hydrogens is 503 g/mol. The van der Waals surface area contributed by atoms with Crippen molar-refractivity contribution in [2.24, 2.45) is 10.4 Å². The lowest BCUT2D eigenvalue weighted by molar-refractivity contribution is -0.125. The van der Waals surface area contributed by atoms with E-state index in [4.69, 9.17) is 9.47 Å². The Labute approximate surface area is 204 Å². The van der Waals surface area contributed by atoms with Gasteiger partial charge in [-0.2, -0.15) is 0 Å². The van der Waals surface area contributed by atoms with E-state index >= 15 is 0 Å². The molecule has 3 fully saturated rings. The highest BCUT2D eigenvalue weighted by molar-refractivity contribution is 14.0. The second-order valence-electron chi connectivity index (χ2n) is 8.90. The minimum atomic E-state index is 0. The van der Waals surface area contributed by atoms with Gasteiger partial charge in [0.15, 0.2) is 5.96 Å². The molecule has 31 heavy (non-hydrogen) atoms. The van der Waals surface area contributed by atoms with Crippen LogP contribution in [0.4, 0.5) is 0 Å². The molecule has 1 spiro atoms. The molecule has 2 atom stereocenters. The van der Waals surface area contributed by atoms with Gasteiger partial charge in [-0.05, 0) is 37.3 Å². The molecule has 3 aliphatic rings. The second-order valence-corrected chi connectivity index (χ2v) is 8.90. The third-order valence-corrected chi connectivity index (χ3v) is 7.28. The quantitative estimate of drug-likeness (QED) is 0.314. The Balaban J connectivity index is 0.00000272. The van der Waals surface area contributed by atoms with E-state index in [2.05, 4.69) is 51.7 Å². The van der Waals surface area contributed by atoms with Crippen LogP contribution < -0.4 is 10.6 Å². The van der Waals surface area contributed by atoms with Gasteiger partial charge in [-0.3, -0.25) is 9.89 Å². The van der Waals surface area contributed by atoms with Crippen molar-refractivity contribution in [2.45, 2.75) is 64.3 Å². The minimum Gasteiger partial charge on any atom is -0.379 e. The van der Waals surface area contributed by atoms with Crippen molar-refractivity contribution in [1.29, 1.82) is 0 Å². The molecular formula is C24H39IN4O2. The van der Waals surface area contributed by atoms with Gasteiger partial charge >= 0.3 is 0 Å². The van der Waals surface area contributed by atoms with Crippen molar-refractivity contribution in [3.05, 3.63) is 35.4 Å². The molecule has 2 aliphatic carbocycles. The molecule has 0 aromatic heterocycles. The summed E-state index contributed by atoms with van der Waals surface area (Å²) in [6, 6.07) is 9.20. The summed E-state index contributed by atoms with van der Waals surface area (Å²) >= 11 is 0. The third kappa shape index (κ3) is 5.72. The molecule has 6 nitrogen and oxygen atoms in total. The van der Waals surface area contributed by atoms with E-state index in [-0.39, 0.29) is 24.0 Å². The molecule has 7 heteroatoms. The van der Waals surface area contributed by atoms with E-state index in [0.717, 1.165) is 58.4 Å². The molecule has 1 heterocycles. The highest BCUT2D eigenvalue weighted by Gasteiger charge is 2.56. The second kappa shape index (κ2) is 11.8. The number of hydrogen-bond acceptors (Lipinski definition) is 4. The largest absolute Gasteiger partial charge is 0.379 e. The first-order valence-electron chi connectivity index (χ1n) is 11.7. The Bertz CT molecular complexity index is 717. The Morgan fingerprint density at radius 2 is 1.90 bits per heavy atom. The van der Waals surface area contributed by atoms with Crippen LogP contribution in [0.3, 0.4) is 0 Å². The maximum atomic E-state index is 6.06. The third-order valence-electron chi connectivity index (χ3n) is 7.28. The zero-order chi connectivity index (χ0) is 20.8. The fourth-order valence-electron chi connectivity index (χ4n) is 5.51. The van der Waals surface area contributed by atoms with Gasteiger partial charge < -0.3 is 20.1 Å². The van der Waals surface area contributed by atoms with Crippen molar-refractivity contribution >= 4 is 29.9 Å². The average molecular weight is 543 g/mol. The van der Waals surface area contributed by atoms with Gasteiger partial charge in [-0.15, -0.1) is 24.0 Å². The first kappa shape index (κ1) is 24.7. The summed E-state index contributed by atoms with van der Waals surface area (Å²) in [6.45, 7) is 8.38. The number of nitrogens with zero attached hydrogens (tertiary/aromatic N) is 2. The number of aliphatic imine (C=N–C) groups is 1. The summed E-state index contributed by atoms with van der Waals surface area (Å²) in [5.74, 6) is 0.905. The van der Waals surface area contributed by atoms with Crippen molar-refractivity contribution in [2.75, 3.05) is 40.0 Å². The Morgan fingerprint density at radius 3 is 2.58 bits per heavy atom. The lowest BCUT2D eigenvalue weighted by atomic mass is 9.60. The van der Waals surface area contributed by atoms with Crippen molar-refractivity contribution in [1.82, 2.24) is 15.5 Å². The zero-order valence-corrected chi connectivity index (χ0v) is 21.4. The van der Waals surface area contributed by atoms with Crippen LogP contribution in [0.5, 0.6) is 0 Å². The minimum absolute atomic E-state index is 0. The normalized spacial score (nSPS) is 25.7. The molecule has 2 saturated carbocycles. The highest BCUT2D eigenvalue weighted by atomic mass is 127. The predicted octanol–water partition coefficient (Wildman–Crippen LogP) is 3.54. The Morgan fingerprint density at radius 1 is 1.19 bits per heavy atom. The van der Waals surface area contributed by atoms with E-state index in [1.165, 1.54) is 36.8 Å². The molecule has 174 valence electrons. The fraction of sp³-hybridized carbons (Fsp3) is 0.708. The summed E-state index contributed by atoms with van der Waals surface area (Å²) in [5, 5.41) is 7.30. The number of nitrogens with one attached hydrogen (secondary N) is 2. The summed E-state index contributed by atoms with van der Waals surface area (Å²) in [4.78, 5) is 7.00. The monoisotopic (exact) mass is 542 g/mol. The molecule has 1 aromatic carbocycles. The topological polar surface area (TPSA) is 58.1 Å². The first-order chi connectivity index (χ1) is 14.7. The van der Waals surface area contributed by atoms with Crippen molar-refractivity contribution in [3.8, 4) is 0 Å². The molecule has 4 rings (SSSR count). The van der Waals surface area contributed by atoms with Crippen LogP contribution in [-0.2, 0) is 22.6 Å². The smallest absolute Gasteiger partial charge is 0.191 e. The Hall–Kier alpha value is -0.900. The van der Waals surface area contributed by atoms with E-state index in [9.17, 15) is 0 Å².